The lowest BCUT2D eigenvalue weighted by atomic mass is 9.99. The van der Waals surface area contributed by atoms with Crippen molar-refractivity contribution in [1.29, 1.82) is 0 Å². The highest BCUT2D eigenvalue weighted by Gasteiger charge is 2.36. The number of rotatable bonds is 5. The molecule has 25 heavy (non-hydrogen) atoms. The van der Waals surface area contributed by atoms with Crippen LogP contribution in [0.25, 0.3) is 0 Å². The van der Waals surface area contributed by atoms with E-state index in [-0.39, 0.29) is 17.8 Å². The molecule has 2 rings (SSSR count). The van der Waals surface area contributed by atoms with Crippen molar-refractivity contribution in [2.45, 2.75) is 20.8 Å². The van der Waals surface area contributed by atoms with Crippen LogP contribution in [0, 0.1) is 25.7 Å². The average Bonchev–Trinajstić information content (AvgIpc) is 2.98. The van der Waals surface area contributed by atoms with E-state index in [0.717, 1.165) is 29.4 Å². The smallest absolute Gasteiger partial charge is 0.310 e. The highest BCUT2D eigenvalue weighted by Crippen LogP contribution is 2.24. The predicted octanol–water partition coefficient (Wildman–Crippen LogP) is 2.00. The van der Waals surface area contributed by atoms with Crippen molar-refractivity contribution in [2.24, 2.45) is 16.8 Å². The maximum atomic E-state index is 11.8. The number of ether oxygens (including phenoxy) is 2. The van der Waals surface area contributed by atoms with Crippen LogP contribution < -0.4 is 10.1 Å². The van der Waals surface area contributed by atoms with Gasteiger partial charge in [0.25, 0.3) is 0 Å². The van der Waals surface area contributed by atoms with Gasteiger partial charge in [0.1, 0.15) is 12.4 Å². The van der Waals surface area contributed by atoms with Gasteiger partial charge in [0.15, 0.2) is 5.96 Å². The van der Waals surface area contributed by atoms with Crippen LogP contribution in [-0.2, 0) is 9.53 Å². The molecule has 1 heterocycles. The second-order valence-corrected chi connectivity index (χ2v) is 6.56. The zero-order valence-corrected chi connectivity index (χ0v) is 15.8. The Morgan fingerprint density at radius 3 is 2.60 bits per heavy atom. The molecule has 6 nitrogen and oxygen atoms in total. The van der Waals surface area contributed by atoms with Gasteiger partial charge in [0, 0.05) is 20.1 Å². The Morgan fingerprint density at radius 2 is 2.00 bits per heavy atom. The molecule has 138 valence electrons. The van der Waals surface area contributed by atoms with Gasteiger partial charge in [-0.25, -0.2) is 0 Å². The van der Waals surface area contributed by atoms with Crippen molar-refractivity contribution in [1.82, 2.24) is 10.2 Å². The van der Waals surface area contributed by atoms with Crippen molar-refractivity contribution in [2.75, 3.05) is 40.4 Å². The van der Waals surface area contributed by atoms with Gasteiger partial charge in [-0.2, -0.15) is 0 Å². The Bertz CT molecular complexity index is 610. The normalized spacial score (nSPS) is 20.5. The van der Waals surface area contributed by atoms with E-state index in [1.807, 2.05) is 32.0 Å². The number of carbonyl (C=O) groups is 1. The molecule has 0 radical (unpaired) electrons. The topological polar surface area (TPSA) is 63.2 Å². The van der Waals surface area contributed by atoms with Crippen molar-refractivity contribution >= 4 is 11.9 Å². The summed E-state index contributed by atoms with van der Waals surface area (Å²) < 4.78 is 10.8. The maximum absolute atomic E-state index is 11.8. The van der Waals surface area contributed by atoms with E-state index >= 15 is 0 Å². The quantitative estimate of drug-likeness (QED) is 0.382. The number of aliphatic imine (C=N–C) groups is 1. The van der Waals surface area contributed by atoms with Gasteiger partial charge in [-0.05, 0) is 30.9 Å². The summed E-state index contributed by atoms with van der Waals surface area (Å²) in [5, 5.41) is 3.32. The molecule has 6 heteroatoms. The number of para-hydroxylation sites is 1. The number of nitrogens with zero attached hydrogens (tertiary/aromatic N) is 2. The monoisotopic (exact) mass is 347 g/mol. The van der Waals surface area contributed by atoms with Gasteiger partial charge in [-0.3, -0.25) is 9.79 Å². The van der Waals surface area contributed by atoms with E-state index in [1.165, 1.54) is 7.11 Å². The Kier molecular flexibility index (Phi) is 6.67. The lowest BCUT2D eigenvalue weighted by Gasteiger charge is -2.21. The Morgan fingerprint density at radius 1 is 1.32 bits per heavy atom. The Hall–Kier alpha value is -2.24. The third kappa shape index (κ3) is 4.65. The number of carbonyl (C=O) groups excluding carboxylic acids is 1. The molecule has 2 atom stereocenters. The summed E-state index contributed by atoms with van der Waals surface area (Å²) in [7, 11) is 3.19. The number of methoxy groups -OCH3 is 1. The van der Waals surface area contributed by atoms with Crippen LogP contribution in [0.15, 0.2) is 23.2 Å². The number of nitrogens with one attached hydrogen (secondary N) is 1. The first-order chi connectivity index (χ1) is 12.0. The largest absolute Gasteiger partial charge is 0.491 e. The molecule has 0 saturated carbocycles. The summed E-state index contributed by atoms with van der Waals surface area (Å²) in [6, 6.07) is 6.13. The van der Waals surface area contributed by atoms with E-state index in [1.54, 1.807) is 7.05 Å². The molecular formula is C19H29N3O3. The van der Waals surface area contributed by atoms with E-state index in [4.69, 9.17) is 9.47 Å². The molecule has 1 saturated heterocycles. The van der Waals surface area contributed by atoms with Gasteiger partial charge >= 0.3 is 5.97 Å². The van der Waals surface area contributed by atoms with E-state index in [0.29, 0.717) is 19.7 Å². The molecule has 0 amide bonds. The Labute approximate surface area is 150 Å². The number of aryl methyl sites for hydroxylation is 2. The molecule has 1 aliphatic heterocycles. The Balaban J connectivity index is 1.84. The number of esters is 1. The SMILES string of the molecule is CN=C(NCCOc1c(C)cccc1C)N1CC(C)C(C(=O)OC)C1. The number of benzene rings is 1. The summed E-state index contributed by atoms with van der Waals surface area (Å²) in [6.07, 6.45) is 0. The zero-order valence-electron chi connectivity index (χ0n) is 15.8. The highest BCUT2D eigenvalue weighted by atomic mass is 16.5. The molecule has 0 aliphatic carbocycles. The molecule has 0 spiro atoms. The molecule has 1 N–H and O–H groups in total. The van der Waals surface area contributed by atoms with E-state index in [9.17, 15) is 4.79 Å². The van der Waals surface area contributed by atoms with Crippen LogP contribution in [0.4, 0.5) is 0 Å². The average molecular weight is 347 g/mol. The second-order valence-electron chi connectivity index (χ2n) is 6.56. The van der Waals surface area contributed by atoms with Crippen LogP contribution in [0.3, 0.4) is 0 Å². The first-order valence-corrected chi connectivity index (χ1v) is 8.70. The first kappa shape index (κ1) is 19.1. The number of hydrogen-bond donors (Lipinski definition) is 1. The van der Waals surface area contributed by atoms with Crippen molar-refractivity contribution in [3.63, 3.8) is 0 Å². The molecule has 2 unspecified atom stereocenters. The summed E-state index contributed by atoms with van der Waals surface area (Å²) in [5.74, 6) is 1.73. The van der Waals surface area contributed by atoms with Crippen LogP contribution >= 0.6 is 0 Å². The fourth-order valence-electron chi connectivity index (χ4n) is 3.27. The van der Waals surface area contributed by atoms with Crippen LogP contribution in [0.2, 0.25) is 0 Å². The van der Waals surface area contributed by atoms with E-state index < -0.39 is 0 Å². The third-order valence-corrected chi connectivity index (χ3v) is 4.67. The predicted molar refractivity (Wildman–Crippen MR) is 99.0 cm³/mol. The van der Waals surface area contributed by atoms with Gasteiger partial charge in [0.2, 0.25) is 0 Å². The maximum Gasteiger partial charge on any atom is 0.310 e. The van der Waals surface area contributed by atoms with Gasteiger partial charge in [-0.1, -0.05) is 25.1 Å². The summed E-state index contributed by atoms with van der Waals surface area (Å²) in [6.45, 7) is 8.78. The summed E-state index contributed by atoms with van der Waals surface area (Å²) >= 11 is 0. The number of hydrogen-bond acceptors (Lipinski definition) is 4. The molecule has 1 aromatic rings. The fourth-order valence-corrected chi connectivity index (χ4v) is 3.27. The van der Waals surface area contributed by atoms with E-state index in [2.05, 4.69) is 22.1 Å². The minimum atomic E-state index is -0.149. The van der Waals surface area contributed by atoms with Crippen molar-refractivity contribution < 1.29 is 14.3 Å². The first-order valence-electron chi connectivity index (χ1n) is 8.70. The minimum absolute atomic E-state index is 0.102. The van der Waals surface area contributed by atoms with Crippen molar-refractivity contribution in [3.8, 4) is 5.75 Å². The lowest BCUT2D eigenvalue weighted by Crippen LogP contribution is -2.42. The highest BCUT2D eigenvalue weighted by molar-refractivity contribution is 5.82. The molecule has 1 aromatic carbocycles. The molecule has 0 bridgehead atoms. The van der Waals surface area contributed by atoms with Gasteiger partial charge in [-0.15, -0.1) is 0 Å². The standard InChI is InChI=1S/C19H29N3O3/c1-13-7-6-8-14(2)17(13)25-10-9-21-19(20-4)22-11-15(3)16(12-22)18(23)24-5/h6-8,15-16H,9-12H2,1-5H3,(H,20,21). The van der Waals surface area contributed by atoms with Crippen molar-refractivity contribution in [3.05, 3.63) is 29.3 Å². The second kappa shape index (κ2) is 8.74. The van der Waals surface area contributed by atoms with Crippen LogP contribution in [-0.4, -0.2) is 57.2 Å². The molecular weight excluding hydrogens is 318 g/mol. The van der Waals surface area contributed by atoms with Crippen LogP contribution in [0.1, 0.15) is 18.1 Å². The molecule has 1 aliphatic rings. The number of likely N-dealkylation sites (tertiary alicyclic amines) is 1. The third-order valence-electron chi connectivity index (χ3n) is 4.67. The fraction of sp³-hybridized carbons (Fsp3) is 0.579. The van der Waals surface area contributed by atoms with Gasteiger partial charge < -0.3 is 19.7 Å². The minimum Gasteiger partial charge on any atom is -0.491 e. The van der Waals surface area contributed by atoms with Crippen LogP contribution in [0.5, 0.6) is 5.75 Å². The van der Waals surface area contributed by atoms with Gasteiger partial charge in [0.05, 0.1) is 19.6 Å². The zero-order chi connectivity index (χ0) is 18.4. The lowest BCUT2D eigenvalue weighted by molar-refractivity contribution is -0.145. The molecule has 1 fully saturated rings. The summed E-state index contributed by atoms with van der Waals surface area (Å²) in [5.41, 5.74) is 2.28. The summed E-state index contributed by atoms with van der Waals surface area (Å²) in [4.78, 5) is 18.3. The molecule has 0 aromatic heterocycles. The number of guanidine groups is 1.